The summed E-state index contributed by atoms with van der Waals surface area (Å²) in [6, 6.07) is 2.28. The predicted molar refractivity (Wildman–Crippen MR) is 26.0 cm³/mol. The Morgan fingerprint density at radius 2 is 2.57 bits per heavy atom. The maximum Gasteiger partial charge on any atom is 0.283 e. The molecule has 0 aliphatic carbocycles. The Hall–Kier alpha value is -1.10. The van der Waals surface area contributed by atoms with E-state index in [0.717, 1.165) is 0 Å². The number of rotatable bonds is 0. The Bertz CT molecular complexity index is 138. The molecular formula is C5H5N2+. The summed E-state index contributed by atoms with van der Waals surface area (Å²) < 4.78 is 0. The average Bonchev–Trinajstić information content (AvgIpc) is 2.14. The second kappa shape index (κ2) is 1.57. The fourth-order valence-corrected chi connectivity index (χ4v) is 0.420. The van der Waals surface area contributed by atoms with Gasteiger partial charge in [0.25, 0.3) is 6.07 Å². The van der Waals surface area contributed by atoms with Gasteiger partial charge in [-0.05, 0) is 6.08 Å². The van der Waals surface area contributed by atoms with E-state index in [1.165, 1.54) is 0 Å². The van der Waals surface area contributed by atoms with Crippen LogP contribution >= 0.6 is 0 Å². The summed E-state index contributed by atoms with van der Waals surface area (Å²) in [7, 11) is 0. The van der Waals surface area contributed by atoms with Crippen LogP contribution in [0.2, 0.25) is 0 Å². The Labute approximate surface area is 41.8 Å². The number of hydrogen-bond donors (Lipinski definition) is 1. The summed E-state index contributed by atoms with van der Waals surface area (Å²) in [5.41, 5.74) is 0. The maximum absolute atomic E-state index is 6.61. The van der Waals surface area contributed by atoms with Crippen molar-refractivity contribution in [3.05, 3.63) is 12.3 Å². The van der Waals surface area contributed by atoms with Gasteiger partial charge in [-0.25, -0.2) is 0 Å². The van der Waals surface area contributed by atoms with Crippen molar-refractivity contribution in [2.24, 2.45) is 10.9 Å². The van der Waals surface area contributed by atoms with E-state index in [1.807, 2.05) is 6.08 Å². The fourth-order valence-electron chi connectivity index (χ4n) is 0.420. The SMILES string of the molecule is [NH+]#CC1C=CN=C1. The highest BCUT2D eigenvalue weighted by atomic mass is 14.7. The van der Waals surface area contributed by atoms with Crippen molar-refractivity contribution in [2.75, 3.05) is 0 Å². The quantitative estimate of drug-likeness (QED) is 0.397. The summed E-state index contributed by atoms with van der Waals surface area (Å²) in [6.07, 6.45) is 5.16. The largest absolute Gasteiger partial charge is 0.283 e. The van der Waals surface area contributed by atoms with Gasteiger partial charge in [-0.3, -0.25) is 4.99 Å². The highest BCUT2D eigenvalue weighted by molar-refractivity contribution is 5.69. The molecule has 0 aromatic rings. The molecule has 34 valence electrons. The molecule has 0 saturated carbocycles. The molecule has 0 spiro atoms. The van der Waals surface area contributed by atoms with Gasteiger partial charge in [0, 0.05) is 12.4 Å². The van der Waals surface area contributed by atoms with Gasteiger partial charge in [-0.1, -0.05) is 0 Å². The van der Waals surface area contributed by atoms with E-state index in [1.54, 1.807) is 12.4 Å². The third kappa shape index (κ3) is 0.660. The lowest BCUT2D eigenvalue weighted by Gasteiger charge is -1.72. The van der Waals surface area contributed by atoms with E-state index in [4.69, 9.17) is 5.26 Å². The minimum absolute atomic E-state index is 0.0417. The van der Waals surface area contributed by atoms with Gasteiger partial charge in [-0.15, -0.1) is 5.26 Å². The standard InChI is InChI=1S/C5H4N2/c6-3-5-1-2-7-4-5/h1-2,4-5H/p+1. The first-order chi connectivity index (χ1) is 3.43. The smallest absolute Gasteiger partial charge is 0.267 e. The highest BCUT2D eigenvalue weighted by Gasteiger charge is 2.03. The van der Waals surface area contributed by atoms with Gasteiger partial charge in [0.05, 0.1) is 0 Å². The zero-order valence-corrected chi connectivity index (χ0v) is 3.76. The monoisotopic (exact) mass is 93.0 g/mol. The Balaban J connectivity index is 2.65. The molecule has 0 aromatic heterocycles. The van der Waals surface area contributed by atoms with Crippen LogP contribution < -0.4 is 5.26 Å². The Kier molecular flexibility index (Phi) is 0.910. The first-order valence-electron chi connectivity index (χ1n) is 2.06. The minimum Gasteiger partial charge on any atom is -0.267 e. The van der Waals surface area contributed by atoms with Crippen LogP contribution in [0.25, 0.3) is 0 Å². The highest BCUT2D eigenvalue weighted by Crippen LogP contribution is 1.98. The number of nitrogens with one attached hydrogen (secondary N) is 1. The molecule has 0 aromatic carbocycles. The minimum atomic E-state index is 0.0417. The van der Waals surface area contributed by atoms with Gasteiger partial charge in [0.2, 0.25) is 0 Å². The molecule has 1 atom stereocenters. The van der Waals surface area contributed by atoms with Crippen LogP contribution in [0.3, 0.4) is 0 Å². The molecule has 0 radical (unpaired) electrons. The zero-order valence-electron chi connectivity index (χ0n) is 3.76. The summed E-state index contributed by atoms with van der Waals surface area (Å²) in [4.78, 5) is 3.75. The molecule has 0 fully saturated rings. The normalized spacial score (nSPS) is 25.3. The Morgan fingerprint density at radius 3 is 2.86 bits per heavy atom. The molecular weight excluding hydrogens is 88.1 g/mol. The van der Waals surface area contributed by atoms with Gasteiger partial charge < -0.3 is 0 Å². The first-order valence-corrected chi connectivity index (χ1v) is 2.06. The van der Waals surface area contributed by atoms with Gasteiger partial charge in [-0.2, -0.15) is 0 Å². The molecule has 1 unspecified atom stereocenters. The molecule has 1 rings (SSSR count). The molecule has 1 aliphatic heterocycles. The topological polar surface area (TPSA) is 36.2 Å². The third-order valence-electron chi connectivity index (χ3n) is 0.793. The lowest BCUT2D eigenvalue weighted by atomic mass is 10.2. The fraction of sp³-hybridized carbons (Fsp3) is 0.200. The molecule has 1 N–H and O–H groups in total. The van der Waals surface area contributed by atoms with Gasteiger partial charge in [0.1, 0.15) is 5.92 Å². The number of nitrogens with zero attached hydrogens (tertiary/aromatic N) is 1. The van der Waals surface area contributed by atoms with Crippen molar-refractivity contribution in [1.29, 1.82) is 0 Å². The van der Waals surface area contributed by atoms with Crippen LogP contribution in [0.4, 0.5) is 0 Å². The molecule has 0 amide bonds. The molecule has 2 nitrogen and oxygen atoms in total. The summed E-state index contributed by atoms with van der Waals surface area (Å²) >= 11 is 0. The summed E-state index contributed by atoms with van der Waals surface area (Å²) in [5.74, 6) is 0.0417. The van der Waals surface area contributed by atoms with E-state index < -0.39 is 0 Å². The van der Waals surface area contributed by atoms with Gasteiger partial charge >= 0.3 is 0 Å². The van der Waals surface area contributed by atoms with Crippen molar-refractivity contribution in [1.82, 2.24) is 0 Å². The number of allylic oxidation sites excluding steroid dienone is 1. The van der Waals surface area contributed by atoms with E-state index in [0.29, 0.717) is 0 Å². The lowest BCUT2D eigenvalue weighted by Crippen LogP contribution is -2.20. The number of hydrogen-bond acceptors (Lipinski definition) is 1. The number of aliphatic imine (C=N–C) groups is 1. The average molecular weight is 93.1 g/mol. The molecule has 7 heavy (non-hydrogen) atoms. The van der Waals surface area contributed by atoms with E-state index in [-0.39, 0.29) is 5.92 Å². The second-order valence-electron chi connectivity index (χ2n) is 1.31. The van der Waals surface area contributed by atoms with Crippen LogP contribution in [0.5, 0.6) is 0 Å². The van der Waals surface area contributed by atoms with E-state index in [2.05, 4.69) is 11.1 Å². The van der Waals surface area contributed by atoms with Crippen LogP contribution in [-0.2, 0) is 0 Å². The summed E-state index contributed by atoms with van der Waals surface area (Å²) in [6.45, 7) is 0. The predicted octanol–water partition coefficient (Wildman–Crippen LogP) is -1.03. The molecule has 1 heterocycles. The maximum atomic E-state index is 6.61. The molecule has 1 aliphatic rings. The van der Waals surface area contributed by atoms with Crippen LogP contribution in [-0.4, -0.2) is 6.21 Å². The molecule has 0 bridgehead atoms. The van der Waals surface area contributed by atoms with Crippen molar-refractivity contribution in [2.45, 2.75) is 0 Å². The molecule has 2 heteroatoms. The third-order valence-corrected chi connectivity index (χ3v) is 0.793. The van der Waals surface area contributed by atoms with Crippen molar-refractivity contribution >= 4 is 6.21 Å². The van der Waals surface area contributed by atoms with Crippen molar-refractivity contribution in [3.63, 3.8) is 0 Å². The lowest BCUT2D eigenvalue weighted by molar-refractivity contribution is -0.0953. The van der Waals surface area contributed by atoms with E-state index >= 15 is 0 Å². The second-order valence-corrected chi connectivity index (χ2v) is 1.31. The first kappa shape index (κ1) is 4.07. The van der Waals surface area contributed by atoms with Gasteiger partial charge in [0.15, 0.2) is 0 Å². The van der Waals surface area contributed by atoms with Crippen molar-refractivity contribution in [3.8, 4) is 6.07 Å². The van der Waals surface area contributed by atoms with Crippen LogP contribution in [0.1, 0.15) is 0 Å². The van der Waals surface area contributed by atoms with Crippen molar-refractivity contribution < 1.29 is 5.26 Å². The van der Waals surface area contributed by atoms with Crippen LogP contribution in [0.15, 0.2) is 17.3 Å². The molecule has 0 saturated heterocycles. The van der Waals surface area contributed by atoms with E-state index in [9.17, 15) is 0 Å². The van der Waals surface area contributed by atoms with Crippen LogP contribution in [0, 0.1) is 12.0 Å². The zero-order chi connectivity index (χ0) is 5.11. The summed E-state index contributed by atoms with van der Waals surface area (Å²) in [5, 5.41) is 6.61. The Morgan fingerprint density at radius 1 is 1.71 bits per heavy atom.